The first-order valence-corrected chi connectivity index (χ1v) is 10.9. The highest BCUT2D eigenvalue weighted by atomic mass is 16.6. The van der Waals surface area contributed by atoms with E-state index in [-0.39, 0.29) is 24.3 Å². The zero-order chi connectivity index (χ0) is 21.7. The molecule has 6 rings (SSSR count). The average molecular weight is 430 g/mol. The van der Waals surface area contributed by atoms with Gasteiger partial charge < -0.3 is 9.57 Å². The van der Waals surface area contributed by atoms with Crippen molar-refractivity contribution in [2.75, 3.05) is 4.90 Å². The van der Waals surface area contributed by atoms with Gasteiger partial charge in [0, 0.05) is 24.4 Å². The molecule has 0 aliphatic carbocycles. The third kappa shape index (κ3) is 3.12. The van der Waals surface area contributed by atoms with Gasteiger partial charge in [0.25, 0.3) is 0 Å². The minimum Gasteiger partial charge on any atom is -0.442 e. The van der Waals surface area contributed by atoms with E-state index in [0.29, 0.717) is 6.54 Å². The van der Waals surface area contributed by atoms with Crippen molar-refractivity contribution in [1.29, 1.82) is 0 Å². The summed E-state index contributed by atoms with van der Waals surface area (Å²) in [5, 5.41) is 12.0. The Balaban J connectivity index is 1.22. The summed E-state index contributed by atoms with van der Waals surface area (Å²) in [5.74, 6) is 0. The number of rotatable bonds is 5. The number of cyclic esters (lactones) is 1. The molecule has 32 heavy (non-hydrogen) atoms. The van der Waals surface area contributed by atoms with Crippen LogP contribution < -0.4 is 4.90 Å². The van der Waals surface area contributed by atoms with Crippen LogP contribution in [0, 0.1) is 0 Å². The van der Waals surface area contributed by atoms with E-state index in [0.717, 1.165) is 53.0 Å². The molecule has 1 fully saturated rings. The lowest BCUT2D eigenvalue weighted by Gasteiger charge is -2.16. The van der Waals surface area contributed by atoms with Gasteiger partial charge in [-0.2, -0.15) is 0 Å². The van der Waals surface area contributed by atoms with E-state index in [4.69, 9.17) is 9.57 Å². The first kappa shape index (κ1) is 19.0. The Morgan fingerprint density at radius 1 is 1.16 bits per heavy atom. The highest BCUT2D eigenvalue weighted by Gasteiger charge is 2.47. The largest absolute Gasteiger partial charge is 0.442 e. The molecule has 3 aliphatic heterocycles. The number of anilines is 1. The fourth-order valence-electron chi connectivity index (χ4n) is 4.66. The van der Waals surface area contributed by atoms with Crippen molar-refractivity contribution in [3.8, 4) is 11.1 Å². The minimum absolute atomic E-state index is 0.0376. The zero-order valence-corrected chi connectivity index (χ0v) is 17.6. The van der Waals surface area contributed by atoms with Crippen molar-refractivity contribution in [3.63, 3.8) is 0 Å². The Kier molecular flexibility index (Phi) is 4.41. The van der Waals surface area contributed by atoms with Crippen molar-refractivity contribution < 1.29 is 14.4 Å². The molecule has 0 radical (unpaired) electrons. The number of ether oxygens (including phenoxy) is 1. The van der Waals surface area contributed by atoms with Gasteiger partial charge in [-0.05, 0) is 42.2 Å². The maximum absolute atomic E-state index is 12.5. The molecule has 1 saturated heterocycles. The number of fused-ring (bicyclic) bond motifs is 3. The monoisotopic (exact) mass is 430 g/mol. The highest BCUT2D eigenvalue weighted by molar-refractivity contribution is 6.00. The second-order valence-corrected chi connectivity index (χ2v) is 8.34. The van der Waals surface area contributed by atoms with Crippen LogP contribution in [0.15, 0.2) is 54.1 Å². The summed E-state index contributed by atoms with van der Waals surface area (Å²) in [4.78, 5) is 24.3. The normalized spacial score (nSPS) is 23.5. The van der Waals surface area contributed by atoms with Gasteiger partial charge in [0.2, 0.25) is 0 Å². The maximum atomic E-state index is 12.5. The van der Waals surface area contributed by atoms with E-state index in [9.17, 15) is 4.79 Å². The molecule has 2 aromatic heterocycles. The van der Waals surface area contributed by atoms with Gasteiger partial charge in [-0.15, -0.1) is 5.10 Å². The molecular formula is C23H22N6O3. The van der Waals surface area contributed by atoms with Crippen molar-refractivity contribution in [3.05, 3.63) is 60.2 Å². The molecule has 162 valence electrons. The van der Waals surface area contributed by atoms with Crippen LogP contribution >= 0.6 is 0 Å². The minimum atomic E-state index is -0.303. The van der Waals surface area contributed by atoms with Crippen LogP contribution in [0.5, 0.6) is 0 Å². The van der Waals surface area contributed by atoms with Crippen LogP contribution in [0.25, 0.3) is 11.1 Å². The zero-order valence-electron chi connectivity index (χ0n) is 17.6. The van der Waals surface area contributed by atoms with E-state index in [1.165, 1.54) is 0 Å². The van der Waals surface area contributed by atoms with Crippen LogP contribution in [-0.4, -0.2) is 50.0 Å². The first-order valence-electron chi connectivity index (χ1n) is 10.9. The standard InChI is InChI=1S/C23H22N6O3/c1-2-17-11-19(26-32-17)18-5-3-15(12-24-18)14-4-6-20-16(9-14)10-21-22(31-23(30)29(20)21)13-28-8-7-25-27-28/h3-9,12,17,21-22H,2,10-11,13H2,1H3/t17?,21-,22-/m0/s1. The Bertz CT molecular complexity index is 1190. The fraction of sp³-hybridized carbons (Fsp3) is 0.348. The number of carbonyl (C=O) groups excluding carboxylic acids is 1. The van der Waals surface area contributed by atoms with Crippen LogP contribution in [0.1, 0.15) is 31.0 Å². The third-order valence-corrected chi connectivity index (χ3v) is 6.40. The van der Waals surface area contributed by atoms with E-state index < -0.39 is 0 Å². The third-order valence-electron chi connectivity index (χ3n) is 6.40. The van der Waals surface area contributed by atoms with Crippen molar-refractivity contribution in [2.24, 2.45) is 5.16 Å². The molecule has 9 nitrogen and oxygen atoms in total. The highest BCUT2D eigenvalue weighted by Crippen LogP contribution is 2.40. The number of pyridine rings is 1. The van der Waals surface area contributed by atoms with Crippen molar-refractivity contribution >= 4 is 17.5 Å². The number of amides is 1. The number of carbonyl (C=O) groups is 1. The van der Waals surface area contributed by atoms with Gasteiger partial charge in [-0.1, -0.05) is 29.4 Å². The molecular weight excluding hydrogens is 408 g/mol. The van der Waals surface area contributed by atoms with Crippen LogP contribution in [-0.2, 0) is 22.5 Å². The molecule has 0 bridgehead atoms. The van der Waals surface area contributed by atoms with Gasteiger partial charge in [0.1, 0.15) is 17.9 Å². The number of aromatic nitrogens is 4. The van der Waals surface area contributed by atoms with E-state index in [1.807, 2.05) is 24.4 Å². The smallest absolute Gasteiger partial charge is 0.415 e. The average Bonchev–Trinajstić information content (AvgIpc) is 3.60. The number of benzene rings is 1. The number of oxime groups is 1. The molecule has 5 heterocycles. The SMILES string of the molecule is CCC1CC(c2ccc(-c3ccc4c(c3)C[C@H]3[C@H](Cn5ccnn5)OC(=O)N43)cn2)=NO1. The van der Waals surface area contributed by atoms with Gasteiger partial charge in [-0.25, -0.2) is 9.48 Å². The van der Waals surface area contributed by atoms with Crippen LogP contribution in [0.2, 0.25) is 0 Å². The van der Waals surface area contributed by atoms with E-state index >= 15 is 0 Å². The second kappa shape index (κ2) is 7.44. The van der Waals surface area contributed by atoms with E-state index in [1.54, 1.807) is 22.0 Å². The van der Waals surface area contributed by atoms with Crippen LogP contribution in [0.3, 0.4) is 0 Å². The second-order valence-electron chi connectivity index (χ2n) is 8.34. The maximum Gasteiger partial charge on any atom is 0.415 e. The quantitative estimate of drug-likeness (QED) is 0.617. The molecule has 1 amide bonds. The lowest BCUT2D eigenvalue weighted by molar-refractivity contribution is 0.0829. The predicted octanol–water partition coefficient (Wildman–Crippen LogP) is 3.19. The van der Waals surface area contributed by atoms with Gasteiger partial charge in [0.15, 0.2) is 0 Å². The number of hydrogen-bond donors (Lipinski definition) is 0. The summed E-state index contributed by atoms with van der Waals surface area (Å²) in [6, 6.07) is 10.2. The number of hydrogen-bond acceptors (Lipinski definition) is 7. The lowest BCUT2D eigenvalue weighted by atomic mass is 10.00. The predicted molar refractivity (Wildman–Crippen MR) is 116 cm³/mol. The molecule has 0 N–H and O–H groups in total. The van der Waals surface area contributed by atoms with Gasteiger partial charge >= 0.3 is 6.09 Å². The Hall–Kier alpha value is -3.75. The summed E-state index contributed by atoms with van der Waals surface area (Å²) in [6.45, 7) is 2.58. The van der Waals surface area contributed by atoms with Crippen molar-refractivity contribution in [2.45, 2.75) is 51.0 Å². The summed E-state index contributed by atoms with van der Waals surface area (Å²) in [7, 11) is 0. The molecule has 0 saturated carbocycles. The number of nitrogens with zero attached hydrogens (tertiary/aromatic N) is 6. The Morgan fingerprint density at radius 3 is 2.81 bits per heavy atom. The molecule has 0 spiro atoms. The van der Waals surface area contributed by atoms with Crippen LogP contribution in [0.4, 0.5) is 10.5 Å². The Labute approximate surface area is 184 Å². The Morgan fingerprint density at radius 2 is 2.06 bits per heavy atom. The summed E-state index contributed by atoms with van der Waals surface area (Å²) in [6.07, 6.45) is 7.33. The molecule has 1 aromatic carbocycles. The summed E-state index contributed by atoms with van der Waals surface area (Å²) >= 11 is 0. The van der Waals surface area contributed by atoms with E-state index in [2.05, 4.69) is 39.5 Å². The van der Waals surface area contributed by atoms with Crippen molar-refractivity contribution in [1.82, 2.24) is 20.0 Å². The molecule has 3 atom stereocenters. The molecule has 3 aliphatic rings. The molecule has 3 aromatic rings. The van der Waals surface area contributed by atoms with Gasteiger partial charge in [-0.3, -0.25) is 9.88 Å². The lowest BCUT2D eigenvalue weighted by Crippen LogP contribution is -2.35. The first-order chi connectivity index (χ1) is 15.7. The summed E-state index contributed by atoms with van der Waals surface area (Å²) in [5.41, 5.74) is 5.90. The summed E-state index contributed by atoms with van der Waals surface area (Å²) < 4.78 is 7.32. The van der Waals surface area contributed by atoms with Gasteiger partial charge in [0.05, 0.1) is 30.2 Å². The fourth-order valence-corrected chi connectivity index (χ4v) is 4.66. The topological polar surface area (TPSA) is 94.7 Å². The molecule has 1 unspecified atom stereocenters. The molecule has 9 heteroatoms.